The molecule has 120 valence electrons. The molecule has 1 fully saturated rings. The Labute approximate surface area is 136 Å². The Kier molecular flexibility index (Phi) is 5.03. The van der Waals surface area contributed by atoms with E-state index >= 15 is 0 Å². The van der Waals surface area contributed by atoms with Crippen molar-refractivity contribution in [3.8, 4) is 0 Å². The third kappa shape index (κ3) is 3.96. The molecule has 1 saturated heterocycles. The number of rotatable bonds is 4. The first-order valence-electron chi connectivity index (χ1n) is 8.07. The van der Waals surface area contributed by atoms with Gasteiger partial charge in [-0.2, -0.15) is 0 Å². The minimum Gasteiger partial charge on any atom is -0.322 e. The zero-order chi connectivity index (χ0) is 16.1. The van der Waals surface area contributed by atoms with E-state index in [0.717, 1.165) is 32.4 Å². The van der Waals surface area contributed by atoms with E-state index in [1.54, 1.807) is 18.2 Å². The molecule has 0 bridgehead atoms. The summed E-state index contributed by atoms with van der Waals surface area (Å²) in [6.07, 6.45) is 2.93. The number of carbonyl (C=O) groups excluding carboxylic acids is 1. The van der Waals surface area contributed by atoms with Crippen molar-refractivity contribution >= 4 is 11.6 Å². The smallest absolute Gasteiger partial charge is 0.241 e. The van der Waals surface area contributed by atoms with Crippen LogP contribution in [0.2, 0.25) is 0 Å². The van der Waals surface area contributed by atoms with Crippen LogP contribution in [0.3, 0.4) is 0 Å². The van der Waals surface area contributed by atoms with Gasteiger partial charge >= 0.3 is 0 Å². The number of nitrogens with one attached hydrogen (secondary N) is 1. The molecule has 1 N–H and O–H groups in total. The molecule has 1 aliphatic rings. The normalized spacial score (nSPS) is 18.6. The zero-order valence-electron chi connectivity index (χ0n) is 13.0. The second-order valence-corrected chi connectivity index (χ2v) is 5.94. The monoisotopic (exact) mass is 312 g/mol. The van der Waals surface area contributed by atoms with Gasteiger partial charge in [0.2, 0.25) is 5.91 Å². The van der Waals surface area contributed by atoms with Crippen LogP contribution >= 0.6 is 0 Å². The number of carbonyl (C=O) groups is 1. The van der Waals surface area contributed by atoms with E-state index in [1.165, 1.54) is 11.6 Å². The Balaban J connectivity index is 1.70. The Morgan fingerprint density at radius 2 is 1.83 bits per heavy atom. The van der Waals surface area contributed by atoms with Gasteiger partial charge in [0.25, 0.3) is 0 Å². The van der Waals surface area contributed by atoms with Gasteiger partial charge < -0.3 is 5.32 Å². The first kappa shape index (κ1) is 15.7. The van der Waals surface area contributed by atoms with Gasteiger partial charge in [0.1, 0.15) is 5.82 Å². The molecule has 0 aliphatic carbocycles. The molecule has 1 heterocycles. The lowest BCUT2D eigenvalue weighted by atomic mass is 10.00. The molecule has 0 aromatic heterocycles. The quantitative estimate of drug-likeness (QED) is 0.931. The first-order chi connectivity index (χ1) is 11.2. The van der Waals surface area contributed by atoms with Crippen molar-refractivity contribution in [2.45, 2.75) is 31.8 Å². The molecule has 0 unspecified atom stereocenters. The van der Waals surface area contributed by atoms with Gasteiger partial charge in [-0.1, -0.05) is 48.9 Å². The number of piperidine rings is 1. The number of hydrogen-bond acceptors (Lipinski definition) is 2. The van der Waals surface area contributed by atoms with Crippen LogP contribution in [0.15, 0.2) is 54.6 Å². The maximum atomic E-state index is 13.7. The van der Waals surface area contributed by atoms with Crippen molar-refractivity contribution in [2.75, 3.05) is 11.9 Å². The predicted octanol–water partition coefficient (Wildman–Crippen LogP) is 3.82. The largest absolute Gasteiger partial charge is 0.322 e. The van der Waals surface area contributed by atoms with Crippen LogP contribution in [0.4, 0.5) is 10.1 Å². The van der Waals surface area contributed by atoms with E-state index in [0.29, 0.717) is 0 Å². The standard InChI is InChI=1S/C19H21FN2O/c20-16-10-4-5-11-17(16)21-19(23)18-12-6-7-13-22(18)14-15-8-2-1-3-9-15/h1-5,8-11,18H,6-7,12-14H2,(H,21,23)/t18-/m0/s1. The lowest BCUT2D eigenvalue weighted by Gasteiger charge is -2.34. The molecular weight excluding hydrogens is 291 g/mol. The summed E-state index contributed by atoms with van der Waals surface area (Å²) < 4.78 is 13.7. The summed E-state index contributed by atoms with van der Waals surface area (Å²) in [6.45, 7) is 1.64. The Morgan fingerprint density at radius 3 is 2.61 bits per heavy atom. The van der Waals surface area contributed by atoms with Gasteiger partial charge in [0, 0.05) is 6.54 Å². The van der Waals surface area contributed by atoms with Crippen molar-refractivity contribution in [2.24, 2.45) is 0 Å². The molecule has 0 saturated carbocycles. The Morgan fingerprint density at radius 1 is 1.09 bits per heavy atom. The maximum Gasteiger partial charge on any atom is 0.241 e. The van der Waals surface area contributed by atoms with Crippen molar-refractivity contribution in [3.05, 3.63) is 66.0 Å². The molecule has 23 heavy (non-hydrogen) atoms. The van der Waals surface area contributed by atoms with Gasteiger partial charge in [0.15, 0.2) is 0 Å². The Hall–Kier alpha value is -2.20. The van der Waals surface area contributed by atoms with Crippen molar-refractivity contribution in [3.63, 3.8) is 0 Å². The fraction of sp³-hybridized carbons (Fsp3) is 0.316. The van der Waals surface area contributed by atoms with E-state index in [-0.39, 0.29) is 17.6 Å². The average molecular weight is 312 g/mol. The van der Waals surface area contributed by atoms with Crippen molar-refractivity contribution < 1.29 is 9.18 Å². The van der Waals surface area contributed by atoms with Crippen LogP contribution in [0.5, 0.6) is 0 Å². The molecule has 2 aromatic carbocycles. The van der Waals surface area contributed by atoms with Gasteiger partial charge in [-0.05, 0) is 37.1 Å². The number of hydrogen-bond donors (Lipinski definition) is 1. The van der Waals surface area contributed by atoms with Gasteiger partial charge in [-0.25, -0.2) is 4.39 Å². The van der Waals surface area contributed by atoms with Crippen LogP contribution in [0.25, 0.3) is 0 Å². The molecule has 0 radical (unpaired) electrons. The van der Waals surface area contributed by atoms with Crippen LogP contribution in [0.1, 0.15) is 24.8 Å². The molecule has 3 nitrogen and oxygen atoms in total. The highest BCUT2D eigenvalue weighted by atomic mass is 19.1. The summed E-state index contributed by atoms with van der Waals surface area (Å²) in [5.74, 6) is -0.517. The summed E-state index contributed by atoms with van der Waals surface area (Å²) in [6, 6.07) is 16.2. The fourth-order valence-electron chi connectivity index (χ4n) is 3.07. The minimum atomic E-state index is -0.397. The SMILES string of the molecule is O=C(Nc1ccccc1F)[C@@H]1CCCCN1Cc1ccccc1. The summed E-state index contributed by atoms with van der Waals surface area (Å²) in [5, 5.41) is 2.74. The average Bonchev–Trinajstić information content (AvgIpc) is 2.58. The van der Waals surface area contributed by atoms with E-state index < -0.39 is 5.82 Å². The third-order valence-electron chi connectivity index (χ3n) is 4.28. The summed E-state index contributed by atoms with van der Waals surface area (Å²) >= 11 is 0. The molecule has 2 aromatic rings. The van der Waals surface area contributed by atoms with E-state index in [9.17, 15) is 9.18 Å². The number of nitrogens with zero attached hydrogens (tertiary/aromatic N) is 1. The molecule has 4 heteroatoms. The second kappa shape index (κ2) is 7.38. The van der Waals surface area contributed by atoms with Gasteiger partial charge in [-0.3, -0.25) is 9.69 Å². The van der Waals surface area contributed by atoms with Crippen LogP contribution < -0.4 is 5.32 Å². The van der Waals surface area contributed by atoms with E-state index in [1.807, 2.05) is 18.2 Å². The number of amides is 1. The summed E-state index contributed by atoms with van der Waals surface area (Å²) in [5.41, 5.74) is 1.45. The van der Waals surface area contributed by atoms with Crippen LogP contribution in [-0.4, -0.2) is 23.4 Å². The zero-order valence-corrected chi connectivity index (χ0v) is 13.0. The van der Waals surface area contributed by atoms with E-state index in [2.05, 4.69) is 22.3 Å². The van der Waals surface area contributed by atoms with Crippen molar-refractivity contribution in [1.29, 1.82) is 0 Å². The summed E-state index contributed by atoms with van der Waals surface area (Å²) in [4.78, 5) is 14.8. The molecule has 1 aliphatic heterocycles. The highest BCUT2D eigenvalue weighted by Crippen LogP contribution is 2.22. The lowest BCUT2D eigenvalue weighted by Crippen LogP contribution is -2.46. The summed E-state index contributed by atoms with van der Waals surface area (Å²) in [7, 11) is 0. The van der Waals surface area contributed by atoms with Crippen LogP contribution in [-0.2, 0) is 11.3 Å². The highest BCUT2D eigenvalue weighted by Gasteiger charge is 2.29. The molecular formula is C19H21FN2O. The van der Waals surface area contributed by atoms with Gasteiger partial charge in [0.05, 0.1) is 11.7 Å². The first-order valence-corrected chi connectivity index (χ1v) is 8.07. The van der Waals surface area contributed by atoms with E-state index in [4.69, 9.17) is 0 Å². The van der Waals surface area contributed by atoms with Crippen LogP contribution in [0, 0.1) is 5.82 Å². The minimum absolute atomic E-state index is 0.120. The number of benzene rings is 2. The number of para-hydroxylation sites is 1. The second-order valence-electron chi connectivity index (χ2n) is 5.94. The molecule has 1 atom stereocenters. The number of likely N-dealkylation sites (tertiary alicyclic amines) is 1. The molecule has 3 rings (SSSR count). The number of halogens is 1. The topological polar surface area (TPSA) is 32.3 Å². The maximum absolute atomic E-state index is 13.7. The molecule has 0 spiro atoms. The predicted molar refractivity (Wildman–Crippen MR) is 89.5 cm³/mol. The number of anilines is 1. The Bertz CT molecular complexity index is 659. The van der Waals surface area contributed by atoms with Crippen molar-refractivity contribution in [1.82, 2.24) is 4.90 Å². The molecule has 1 amide bonds. The third-order valence-corrected chi connectivity index (χ3v) is 4.28. The lowest BCUT2D eigenvalue weighted by molar-refractivity contribution is -0.122. The van der Waals surface area contributed by atoms with Gasteiger partial charge in [-0.15, -0.1) is 0 Å². The highest BCUT2D eigenvalue weighted by molar-refractivity contribution is 5.95. The fourth-order valence-corrected chi connectivity index (χ4v) is 3.07.